The van der Waals surface area contributed by atoms with Crippen LogP contribution in [0.25, 0.3) is 0 Å². The first-order chi connectivity index (χ1) is 8.52. The van der Waals surface area contributed by atoms with Crippen LogP contribution in [0.5, 0.6) is 5.75 Å². The van der Waals surface area contributed by atoms with Crippen molar-refractivity contribution in [2.45, 2.75) is 12.3 Å². The zero-order chi connectivity index (χ0) is 13.5. The molecule has 0 aromatic heterocycles. The molecule has 0 saturated carbocycles. The molecule has 1 rings (SSSR count). The summed E-state index contributed by atoms with van der Waals surface area (Å²) in [5, 5.41) is 2.03. The Bertz CT molecular complexity index is 417. The molecular formula is C12H14ClNO4. The van der Waals surface area contributed by atoms with Crippen molar-refractivity contribution in [3.05, 3.63) is 24.3 Å². The minimum absolute atomic E-state index is 0.152. The van der Waals surface area contributed by atoms with E-state index in [2.05, 4.69) is 10.1 Å². The number of anilines is 1. The summed E-state index contributed by atoms with van der Waals surface area (Å²) < 4.78 is 9.59. The Morgan fingerprint density at radius 2 is 1.94 bits per heavy atom. The number of nitrogens with one attached hydrogen (secondary N) is 1. The molecule has 1 amide bonds. The van der Waals surface area contributed by atoms with Crippen LogP contribution in [0, 0.1) is 0 Å². The second-order valence-corrected chi connectivity index (χ2v) is 4.15. The van der Waals surface area contributed by atoms with Gasteiger partial charge in [0.05, 0.1) is 7.11 Å². The lowest BCUT2D eigenvalue weighted by molar-refractivity contribution is -0.142. The number of alkyl halides is 1. The Kier molecular flexibility index (Phi) is 5.45. The molecule has 1 aromatic carbocycles. The minimum Gasteiger partial charge on any atom is -0.482 e. The molecule has 1 unspecified atom stereocenters. The highest BCUT2D eigenvalue weighted by molar-refractivity contribution is 6.32. The Morgan fingerprint density at radius 1 is 1.33 bits per heavy atom. The number of halogens is 1. The summed E-state index contributed by atoms with van der Waals surface area (Å²) in [7, 11) is 1.29. The van der Waals surface area contributed by atoms with Crippen molar-refractivity contribution in [1.82, 2.24) is 0 Å². The van der Waals surface area contributed by atoms with Gasteiger partial charge in [0, 0.05) is 5.69 Å². The van der Waals surface area contributed by atoms with E-state index < -0.39 is 11.3 Å². The molecule has 0 aliphatic heterocycles. The molecule has 0 aliphatic rings. The third-order valence-electron chi connectivity index (χ3n) is 2.07. The lowest BCUT2D eigenvalue weighted by Crippen LogP contribution is -2.20. The van der Waals surface area contributed by atoms with E-state index in [1.54, 1.807) is 31.2 Å². The SMILES string of the molecule is COC(=O)COc1ccc(NC(=O)C(C)Cl)cc1. The predicted octanol–water partition coefficient (Wildman–Crippen LogP) is 1.80. The normalized spacial score (nSPS) is 11.5. The number of carbonyl (C=O) groups excluding carboxylic acids is 2. The average molecular weight is 272 g/mol. The molecule has 1 N–H and O–H groups in total. The number of rotatable bonds is 5. The summed E-state index contributed by atoms with van der Waals surface area (Å²) >= 11 is 5.62. The molecule has 0 fully saturated rings. The lowest BCUT2D eigenvalue weighted by atomic mass is 10.3. The third-order valence-corrected chi connectivity index (χ3v) is 2.27. The third kappa shape index (κ3) is 4.63. The molecule has 1 aromatic rings. The number of carbonyl (C=O) groups is 2. The number of esters is 1. The highest BCUT2D eigenvalue weighted by Gasteiger charge is 2.09. The maximum Gasteiger partial charge on any atom is 0.343 e. The smallest absolute Gasteiger partial charge is 0.343 e. The van der Waals surface area contributed by atoms with Crippen LogP contribution >= 0.6 is 11.6 Å². The van der Waals surface area contributed by atoms with E-state index in [-0.39, 0.29) is 12.5 Å². The monoisotopic (exact) mass is 271 g/mol. The van der Waals surface area contributed by atoms with E-state index in [0.29, 0.717) is 11.4 Å². The number of ether oxygens (including phenoxy) is 2. The van der Waals surface area contributed by atoms with Gasteiger partial charge in [-0.1, -0.05) is 0 Å². The lowest BCUT2D eigenvalue weighted by Gasteiger charge is -2.08. The molecule has 0 saturated heterocycles. The van der Waals surface area contributed by atoms with Gasteiger partial charge in [-0.15, -0.1) is 11.6 Å². The molecule has 98 valence electrons. The largest absolute Gasteiger partial charge is 0.482 e. The highest BCUT2D eigenvalue weighted by atomic mass is 35.5. The van der Waals surface area contributed by atoms with Gasteiger partial charge in [-0.3, -0.25) is 4.79 Å². The highest BCUT2D eigenvalue weighted by Crippen LogP contribution is 2.16. The Labute approximate surface area is 110 Å². The Hall–Kier alpha value is -1.75. The van der Waals surface area contributed by atoms with Gasteiger partial charge in [-0.2, -0.15) is 0 Å². The summed E-state index contributed by atoms with van der Waals surface area (Å²) in [6.07, 6.45) is 0. The fourth-order valence-electron chi connectivity index (χ4n) is 1.08. The summed E-state index contributed by atoms with van der Waals surface area (Å²) in [4.78, 5) is 22.2. The summed E-state index contributed by atoms with van der Waals surface area (Å²) in [6.45, 7) is 1.44. The fraction of sp³-hybridized carbons (Fsp3) is 0.333. The van der Waals surface area contributed by atoms with E-state index in [1.165, 1.54) is 7.11 Å². The summed E-state index contributed by atoms with van der Waals surface area (Å²) in [6, 6.07) is 6.59. The van der Waals surface area contributed by atoms with E-state index in [4.69, 9.17) is 16.3 Å². The zero-order valence-electron chi connectivity index (χ0n) is 10.1. The van der Waals surface area contributed by atoms with Crippen LogP contribution in [0.2, 0.25) is 0 Å². The second kappa shape index (κ2) is 6.86. The number of benzene rings is 1. The van der Waals surface area contributed by atoms with Crippen LogP contribution in [0.3, 0.4) is 0 Å². The van der Waals surface area contributed by atoms with Gasteiger partial charge in [0.15, 0.2) is 6.61 Å². The number of amides is 1. The van der Waals surface area contributed by atoms with Crippen molar-refractivity contribution in [1.29, 1.82) is 0 Å². The molecule has 0 spiro atoms. The molecule has 0 aliphatic carbocycles. The van der Waals surface area contributed by atoms with Crippen molar-refractivity contribution >= 4 is 29.2 Å². The maximum absolute atomic E-state index is 11.3. The number of hydrogen-bond donors (Lipinski definition) is 1. The van der Waals surface area contributed by atoms with Crippen LogP contribution in [0.1, 0.15) is 6.92 Å². The van der Waals surface area contributed by atoms with Crippen LogP contribution in [0.15, 0.2) is 24.3 Å². The van der Waals surface area contributed by atoms with Gasteiger partial charge in [0.25, 0.3) is 0 Å². The standard InChI is InChI=1S/C12H14ClNO4/c1-8(13)12(16)14-9-3-5-10(6-4-9)18-7-11(15)17-2/h3-6,8H,7H2,1-2H3,(H,14,16). The first-order valence-corrected chi connectivity index (χ1v) is 5.71. The number of hydrogen-bond acceptors (Lipinski definition) is 4. The molecule has 6 heteroatoms. The molecule has 0 heterocycles. The fourth-order valence-corrected chi connectivity index (χ4v) is 1.13. The van der Waals surface area contributed by atoms with Gasteiger partial charge in [-0.25, -0.2) is 4.79 Å². The maximum atomic E-state index is 11.3. The van der Waals surface area contributed by atoms with Gasteiger partial charge in [-0.05, 0) is 31.2 Å². The molecule has 18 heavy (non-hydrogen) atoms. The topological polar surface area (TPSA) is 64.6 Å². The summed E-state index contributed by atoms with van der Waals surface area (Å²) in [5.41, 5.74) is 0.609. The second-order valence-electron chi connectivity index (χ2n) is 3.49. The molecule has 5 nitrogen and oxygen atoms in total. The van der Waals surface area contributed by atoms with Gasteiger partial charge in [0.2, 0.25) is 5.91 Å². The molecule has 0 bridgehead atoms. The van der Waals surface area contributed by atoms with Crippen LogP contribution in [-0.2, 0) is 14.3 Å². The summed E-state index contributed by atoms with van der Waals surface area (Å²) in [5.74, 6) is -0.222. The first-order valence-electron chi connectivity index (χ1n) is 5.27. The molecular weight excluding hydrogens is 258 g/mol. The van der Waals surface area contributed by atoms with Crippen LogP contribution < -0.4 is 10.1 Å². The van der Waals surface area contributed by atoms with Crippen molar-refractivity contribution in [2.75, 3.05) is 19.0 Å². The number of methoxy groups -OCH3 is 1. The first kappa shape index (κ1) is 14.3. The van der Waals surface area contributed by atoms with E-state index in [0.717, 1.165) is 0 Å². The average Bonchev–Trinajstić information content (AvgIpc) is 2.37. The Balaban J connectivity index is 2.52. The van der Waals surface area contributed by atoms with Gasteiger partial charge in [0.1, 0.15) is 11.1 Å². The van der Waals surface area contributed by atoms with Crippen molar-refractivity contribution < 1.29 is 19.1 Å². The quantitative estimate of drug-likeness (QED) is 0.655. The van der Waals surface area contributed by atoms with E-state index >= 15 is 0 Å². The van der Waals surface area contributed by atoms with Crippen molar-refractivity contribution in [2.24, 2.45) is 0 Å². The van der Waals surface area contributed by atoms with E-state index in [1.807, 2.05) is 0 Å². The van der Waals surface area contributed by atoms with Crippen LogP contribution in [-0.4, -0.2) is 31.0 Å². The zero-order valence-corrected chi connectivity index (χ0v) is 10.9. The van der Waals surface area contributed by atoms with Crippen molar-refractivity contribution in [3.63, 3.8) is 0 Å². The van der Waals surface area contributed by atoms with Crippen molar-refractivity contribution in [3.8, 4) is 5.75 Å². The predicted molar refractivity (Wildman–Crippen MR) is 67.9 cm³/mol. The molecule has 1 atom stereocenters. The minimum atomic E-state index is -0.597. The Morgan fingerprint density at radius 3 is 2.44 bits per heavy atom. The van der Waals surface area contributed by atoms with Gasteiger partial charge < -0.3 is 14.8 Å². The molecule has 0 radical (unpaired) electrons. The van der Waals surface area contributed by atoms with Gasteiger partial charge >= 0.3 is 5.97 Å². The van der Waals surface area contributed by atoms with Crippen LogP contribution in [0.4, 0.5) is 5.69 Å². The van der Waals surface area contributed by atoms with E-state index in [9.17, 15) is 9.59 Å².